The average Bonchev–Trinajstić information content (AvgIpc) is 1.65. The Kier molecular flexibility index (Phi) is 31.0. The first-order valence-electron chi connectivity index (χ1n) is 31.4. The predicted octanol–water partition coefficient (Wildman–Crippen LogP) is -9.80. The maximum absolute atomic E-state index is 15.2. The number of amides is 12. The molecular weight excluding hydrogens is 1250 g/mol. The molecule has 5 heterocycles. The molecular formula is C46H70B20N15O15P. The minimum atomic E-state index is -4.44. The predicted molar refractivity (Wildman–Crippen MR) is 388 cm³/mol. The summed E-state index contributed by atoms with van der Waals surface area (Å²) < 4.78 is 31.4. The molecule has 97 heavy (non-hydrogen) atoms. The number of carbonyl (C=O) groups excluding carboxylic acids is 9. The first-order chi connectivity index (χ1) is 45.4. The molecule has 51 heteroatoms. The van der Waals surface area contributed by atoms with E-state index in [1.54, 1.807) is 32.7 Å². The number of carbonyl (C=O) groups is 10. The number of rotatable bonds is 39. The molecule has 484 valence electrons. The van der Waals surface area contributed by atoms with Crippen LogP contribution in [-0.4, -0.2) is 356 Å². The van der Waals surface area contributed by atoms with Gasteiger partial charge in [-0.15, -0.1) is 22.9 Å². The van der Waals surface area contributed by atoms with Crippen LogP contribution in [-0.2, 0) is 47.1 Å². The Bertz CT molecular complexity index is 3070. The van der Waals surface area contributed by atoms with Crippen molar-refractivity contribution in [1.82, 2.24) is 61.3 Å². The maximum atomic E-state index is 15.2. The van der Waals surface area contributed by atoms with Gasteiger partial charge in [0.1, 0.15) is 56.6 Å². The van der Waals surface area contributed by atoms with E-state index in [1.165, 1.54) is 50.7 Å². The molecule has 0 saturated heterocycles. The van der Waals surface area contributed by atoms with Gasteiger partial charge >= 0.3 is 37.8 Å². The number of urea groups is 3. The van der Waals surface area contributed by atoms with Crippen LogP contribution in [0.5, 0.6) is 0 Å². The van der Waals surface area contributed by atoms with Crippen molar-refractivity contribution in [2.45, 2.75) is 89.7 Å². The van der Waals surface area contributed by atoms with Gasteiger partial charge in [-0.2, -0.15) is 0 Å². The number of alkyl carbamates (subject to hydrolysis) is 1. The van der Waals surface area contributed by atoms with E-state index in [0.717, 1.165) is 29.4 Å². The van der Waals surface area contributed by atoms with E-state index in [2.05, 4.69) is 31.9 Å². The number of carboxylic acid groups (broad SMARTS) is 1. The van der Waals surface area contributed by atoms with Gasteiger partial charge in [-0.05, 0) is 65.7 Å². The smallest absolute Gasteiger partial charge is 0.407 e. The number of nitrogens with one attached hydrogen (secondary N) is 6. The van der Waals surface area contributed by atoms with Crippen LogP contribution in [0.15, 0.2) is 59.7 Å². The summed E-state index contributed by atoms with van der Waals surface area (Å²) in [5, 5.41) is 26.1. The zero-order chi connectivity index (χ0) is 72.6. The zero-order valence-corrected chi connectivity index (χ0v) is 55.9. The second-order valence-electron chi connectivity index (χ2n) is 24.7. The fraction of sp³-hybridized carbons (Fsp3) is 0.565. The van der Waals surface area contributed by atoms with E-state index in [0.29, 0.717) is 10.9 Å². The van der Waals surface area contributed by atoms with E-state index in [-0.39, 0.29) is 32.6 Å². The van der Waals surface area contributed by atoms with Gasteiger partial charge in [-0.1, -0.05) is 0 Å². The van der Waals surface area contributed by atoms with Crippen molar-refractivity contribution in [3.63, 3.8) is 0 Å². The quantitative estimate of drug-likeness (QED) is 0.0202. The Morgan fingerprint density at radius 3 is 1.26 bits per heavy atom. The number of hydrogen-bond donors (Lipinski definition) is 10. The summed E-state index contributed by atoms with van der Waals surface area (Å²) in [6.45, 7) is 0.747. The van der Waals surface area contributed by atoms with Gasteiger partial charge in [-0.3, -0.25) is 43.2 Å². The second-order valence-corrected chi connectivity index (χ2v) is 26.8. The van der Waals surface area contributed by atoms with Gasteiger partial charge in [0.15, 0.2) is 0 Å². The second kappa shape index (κ2) is 36.8. The minimum Gasteiger partial charge on any atom is -0.480 e. The molecule has 6 unspecified atom stereocenters. The number of carboxylic acids is 1. The highest BCUT2D eigenvalue weighted by atomic mass is 31.2. The summed E-state index contributed by atoms with van der Waals surface area (Å²) in [7, 11) is 56.7. The molecule has 5 aliphatic heterocycles. The third kappa shape index (κ3) is 24.4. The van der Waals surface area contributed by atoms with E-state index in [1.807, 2.05) is 0 Å². The summed E-state index contributed by atoms with van der Waals surface area (Å²) in [4.78, 5) is 146. The number of aliphatic carboxylic acids is 1. The van der Waals surface area contributed by atoms with Crippen LogP contribution in [0.3, 0.4) is 0 Å². The van der Waals surface area contributed by atoms with E-state index < -0.39 is 232 Å². The first-order valence-corrected chi connectivity index (χ1v) is 33.2. The first kappa shape index (κ1) is 81.6. The van der Waals surface area contributed by atoms with Crippen molar-refractivity contribution in [3.05, 3.63) is 59.7 Å². The topological polar surface area (TPSA) is 405 Å². The van der Waals surface area contributed by atoms with Crippen molar-refractivity contribution in [2.24, 2.45) is 17.2 Å². The van der Waals surface area contributed by atoms with Gasteiger partial charge in [0.2, 0.25) is 29.5 Å². The molecule has 0 aliphatic carbocycles. The molecule has 5 rings (SSSR count). The maximum Gasteiger partial charge on any atom is 0.407 e. The Morgan fingerprint density at radius 1 is 0.588 bits per heavy atom. The summed E-state index contributed by atoms with van der Waals surface area (Å²) in [6, 6.07) is -7.59. The summed E-state index contributed by atoms with van der Waals surface area (Å²) >= 11 is 0. The van der Waals surface area contributed by atoms with Crippen molar-refractivity contribution in [3.8, 4) is 0 Å². The number of nitrogens with two attached hydrogens (primary N) is 3. The molecule has 20 radical (unpaired) electrons. The molecule has 0 aromatic heterocycles. The molecule has 0 aromatic carbocycles. The zero-order valence-electron chi connectivity index (χ0n) is 55.1. The monoisotopic (exact) mass is 1320 g/mol. The van der Waals surface area contributed by atoms with Crippen LogP contribution in [0.1, 0.15) is 47.5 Å². The molecule has 6 atom stereocenters. The molecule has 5 aliphatic rings. The molecule has 0 aromatic rings. The average molecular weight is 1320 g/mol. The van der Waals surface area contributed by atoms with Crippen LogP contribution in [0.4, 0.5) is 19.2 Å². The van der Waals surface area contributed by atoms with Crippen LogP contribution in [0, 0.1) is 0 Å². The lowest BCUT2D eigenvalue weighted by atomic mass is 8.57. The SMILES string of the molecule is [B]B([B])B([B])B(B([B])[B])B1C=C1CC(C(=O)O)N(CCNC(=O)C(CP(=O)(OCC)OCC)N(CCNC(=O)C(CC1=CB1B(B([B])[B])B([B])B([B])[B])N(CCNC(=O)OC(C)(C)C)C(=O)CN1C=CC(N)NC1=O)C(=O)CN1C=CC(N)NC1=O)C(=O)CN1C=CC(N)NC1=O. The Balaban J connectivity index is 1.56. The lowest BCUT2D eigenvalue weighted by Crippen LogP contribution is -2.64. The summed E-state index contributed by atoms with van der Waals surface area (Å²) in [5.74, 6) is -2.99. The number of nitrogens with zero attached hydrogens (tertiary/aromatic N) is 6. The van der Waals surface area contributed by atoms with E-state index in [9.17, 15) is 43.2 Å². The van der Waals surface area contributed by atoms with Crippen molar-refractivity contribution >= 4 is 209 Å². The summed E-state index contributed by atoms with van der Waals surface area (Å²) in [5.41, 5.74) is 17.7. The van der Waals surface area contributed by atoms with Crippen LogP contribution < -0.4 is 49.1 Å². The van der Waals surface area contributed by atoms with Gasteiger partial charge in [0, 0.05) is 186 Å². The number of hydrogen-bond acceptors (Lipinski definition) is 17. The third-order valence-electron chi connectivity index (χ3n) is 16.1. The molecule has 0 fully saturated rings. The Morgan fingerprint density at radius 2 is 0.928 bits per heavy atom. The van der Waals surface area contributed by atoms with Gasteiger partial charge in [0.25, 0.3) is 0 Å². The highest BCUT2D eigenvalue weighted by Crippen LogP contribution is 2.49. The fourth-order valence-electron chi connectivity index (χ4n) is 11.2. The van der Waals surface area contributed by atoms with E-state index >= 15 is 14.4 Å². The molecule has 30 nitrogen and oxygen atoms in total. The largest absolute Gasteiger partial charge is 0.480 e. The molecule has 12 amide bonds. The summed E-state index contributed by atoms with van der Waals surface area (Å²) in [6.07, 6.45) is -5.13. The molecule has 0 spiro atoms. The van der Waals surface area contributed by atoms with E-state index in [4.69, 9.17) is 108 Å². The van der Waals surface area contributed by atoms with Crippen molar-refractivity contribution < 1.29 is 71.4 Å². The van der Waals surface area contributed by atoms with Crippen molar-refractivity contribution in [1.29, 1.82) is 0 Å². The fourth-order valence-corrected chi connectivity index (χ4v) is 13.0. The van der Waals surface area contributed by atoms with Crippen molar-refractivity contribution in [2.75, 3.05) is 78.3 Å². The standard InChI is InChI=1S/C46H70B20N15O15P/c1-6-94-97(93,95-7-2)27-32(40(86)71-11-17-80(37(83)25-77-15-9-34(68)74-43(77)90)31(41(87)88)21-29-23-58(29)66(62(53)54)64(56)60(49)50)81(38(84)26-78-16-10-35(69)75-44(78)91)18-12-70-39(85)30(20-28-22-57(28)65(61(51)52)63(55)59(47)48)79(19-13-72-45(92)96-46(3,4)5)36(82)24-76-14-8-33(67)73-42(76)89/h8-10,14-16,22-23,30-35H,6-7,11-13,17-21,24-27,67-69H2,1-5H3,(H,70,85)(H,71,86)(H,72,92)(H,73,89)(H,74,90)(H,75,91)(H,87,88). The lowest BCUT2D eigenvalue weighted by molar-refractivity contribution is -0.150. The van der Waals surface area contributed by atoms with Crippen LogP contribution in [0.2, 0.25) is 0 Å². The number of ether oxygens (including phenoxy) is 1. The molecule has 0 bridgehead atoms. The lowest BCUT2D eigenvalue weighted by Gasteiger charge is -2.36. The van der Waals surface area contributed by atoms with Crippen LogP contribution in [0.25, 0.3) is 0 Å². The van der Waals surface area contributed by atoms with Gasteiger partial charge in [0.05, 0.1) is 37.9 Å². The van der Waals surface area contributed by atoms with Crippen LogP contribution >= 0.6 is 7.60 Å². The normalized spacial score (nSPS) is 17.9. The Labute approximate surface area is 583 Å². The highest BCUT2D eigenvalue weighted by molar-refractivity contribution is 8.02. The molecule has 13 N–H and O–H groups in total. The van der Waals surface area contributed by atoms with Gasteiger partial charge < -0.3 is 82.7 Å². The highest BCUT2D eigenvalue weighted by Gasteiger charge is 2.48. The Hall–Kier alpha value is -6.07. The third-order valence-corrected chi connectivity index (χ3v) is 18.2. The molecule has 0 saturated carbocycles. The van der Waals surface area contributed by atoms with Gasteiger partial charge in [-0.25, -0.2) is 24.0 Å². The minimum absolute atomic E-state index is 0.241.